The van der Waals surface area contributed by atoms with Gasteiger partial charge in [0.15, 0.2) is 0 Å². The van der Waals surface area contributed by atoms with Gasteiger partial charge in [0.25, 0.3) is 0 Å². The predicted molar refractivity (Wildman–Crippen MR) is 51.7 cm³/mol. The van der Waals surface area contributed by atoms with Crippen molar-refractivity contribution >= 4 is 0 Å². The zero-order valence-electron chi connectivity index (χ0n) is 8.52. The van der Waals surface area contributed by atoms with Gasteiger partial charge in [-0.05, 0) is 19.1 Å². The molecule has 3 nitrogen and oxygen atoms in total. The smallest absolute Gasteiger partial charge is 0.0319 e. The van der Waals surface area contributed by atoms with E-state index in [-0.39, 0.29) is 0 Å². The normalized spacial score (nSPS) is 7.64. The van der Waals surface area contributed by atoms with E-state index in [1.807, 2.05) is 13.8 Å². The molecule has 0 aromatic heterocycles. The van der Waals surface area contributed by atoms with Crippen molar-refractivity contribution in [2.75, 3.05) is 20.2 Å². The summed E-state index contributed by atoms with van der Waals surface area (Å²) in [5, 5.41) is 10.1. The van der Waals surface area contributed by atoms with Gasteiger partial charge < -0.3 is 16.2 Å². The van der Waals surface area contributed by atoms with Gasteiger partial charge in [0.1, 0.15) is 0 Å². The molecule has 0 fully saturated rings. The van der Waals surface area contributed by atoms with Crippen LogP contribution in [-0.2, 0) is 0 Å². The van der Waals surface area contributed by atoms with Crippen molar-refractivity contribution in [2.24, 2.45) is 5.73 Å². The van der Waals surface area contributed by atoms with Crippen LogP contribution in [0.15, 0.2) is 0 Å². The maximum absolute atomic E-state index is 7.00. The van der Waals surface area contributed by atoms with Crippen molar-refractivity contribution in [3.63, 3.8) is 0 Å². The molecule has 0 rings (SSSR count). The summed E-state index contributed by atoms with van der Waals surface area (Å²) in [4.78, 5) is 0. The maximum Gasteiger partial charge on any atom is 0.0319 e. The number of aliphatic hydroxyl groups excluding tert-OH is 1. The van der Waals surface area contributed by atoms with Crippen LogP contribution in [0.25, 0.3) is 0 Å². The van der Waals surface area contributed by atoms with Crippen LogP contribution in [0.5, 0.6) is 0 Å². The Morgan fingerprint density at radius 2 is 1.36 bits per heavy atom. The Labute approximate surface area is 71.0 Å². The minimum atomic E-state index is 0.333. The highest BCUT2D eigenvalue weighted by atomic mass is 16.2. The second kappa shape index (κ2) is 22.5. The van der Waals surface area contributed by atoms with E-state index in [1.54, 1.807) is 0 Å². The summed E-state index contributed by atoms with van der Waals surface area (Å²) < 4.78 is 0. The van der Waals surface area contributed by atoms with Gasteiger partial charge >= 0.3 is 0 Å². The number of rotatable bonds is 2. The van der Waals surface area contributed by atoms with Gasteiger partial charge in [-0.3, -0.25) is 0 Å². The largest absolute Gasteiger partial charge is 0.400 e. The minimum absolute atomic E-state index is 0.333. The average molecular weight is 164 g/mol. The zero-order valence-corrected chi connectivity index (χ0v) is 8.52. The molecule has 0 radical (unpaired) electrons. The van der Waals surface area contributed by atoms with Crippen LogP contribution in [0.2, 0.25) is 0 Å². The van der Waals surface area contributed by atoms with Gasteiger partial charge in [0.05, 0.1) is 0 Å². The van der Waals surface area contributed by atoms with Crippen molar-refractivity contribution in [1.82, 2.24) is 5.32 Å². The summed E-state index contributed by atoms with van der Waals surface area (Å²) in [7, 11) is 1.00. The molecule has 0 amide bonds. The van der Waals surface area contributed by atoms with Crippen molar-refractivity contribution < 1.29 is 5.11 Å². The van der Waals surface area contributed by atoms with Crippen LogP contribution in [0.1, 0.15) is 27.7 Å². The van der Waals surface area contributed by atoms with Gasteiger partial charge in [-0.15, -0.1) is 0 Å². The summed E-state index contributed by atoms with van der Waals surface area (Å²) in [6, 6.07) is 0.333. The molecule has 0 bridgehead atoms. The van der Waals surface area contributed by atoms with Crippen LogP contribution in [0, 0.1) is 0 Å². The van der Waals surface area contributed by atoms with Crippen molar-refractivity contribution in [3.05, 3.63) is 0 Å². The summed E-state index contributed by atoms with van der Waals surface area (Å²) in [5.41, 5.74) is 5.11. The van der Waals surface area contributed by atoms with Gasteiger partial charge in [-0.2, -0.15) is 0 Å². The van der Waals surface area contributed by atoms with Crippen LogP contribution >= 0.6 is 0 Å². The maximum atomic E-state index is 7.00. The Balaban J connectivity index is -0.0000000965. The molecule has 3 heteroatoms. The fraction of sp³-hybridized carbons (Fsp3) is 1.00. The highest BCUT2D eigenvalue weighted by Crippen LogP contribution is 1.58. The van der Waals surface area contributed by atoms with Crippen LogP contribution in [0.4, 0.5) is 0 Å². The van der Waals surface area contributed by atoms with E-state index in [0.717, 1.165) is 20.2 Å². The van der Waals surface area contributed by atoms with Gasteiger partial charge in [0.2, 0.25) is 0 Å². The molecule has 0 aliphatic carbocycles. The number of hydrogen-bond donors (Lipinski definition) is 3. The molecule has 0 saturated carbocycles. The Morgan fingerprint density at radius 3 is 1.36 bits per heavy atom. The summed E-state index contributed by atoms with van der Waals surface area (Å²) in [6.07, 6.45) is 0. The van der Waals surface area contributed by atoms with E-state index in [2.05, 4.69) is 19.2 Å². The third-order valence-electron chi connectivity index (χ3n) is 0.500. The summed E-state index contributed by atoms with van der Waals surface area (Å²) in [6.45, 7) is 10.3. The molecule has 0 unspecified atom stereocenters. The van der Waals surface area contributed by atoms with Crippen LogP contribution in [0.3, 0.4) is 0 Å². The molecule has 0 aromatic carbocycles. The number of nitrogens with two attached hydrogens (primary N) is 1. The van der Waals surface area contributed by atoms with E-state index < -0.39 is 0 Å². The van der Waals surface area contributed by atoms with Gasteiger partial charge in [0, 0.05) is 7.11 Å². The quantitative estimate of drug-likeness (QED) is 0.559. The van der Waals surface area contributed by atoms with E-state index >= 15 is 0 Å². The second-order valence-corrected chi connectivity index (χ2v) is 2.20. The van der Waals surface area contributed by atoms with E-state index in [4.69, 9.17) is 10.8 Å². The molecule has 0 aromatic rings. The molecule has 0 aliphatic rings. The van der Waals surface area contributed by atoms with Crippen molar-refractivity contribution in [1.29, 1.82) is 0 Å². The standard InChI is InChI=1S/C4H11N.C3H9N.CH4O/c1-3-5-4-2;1-3(2)4;1-2/h5H,3-4H2,1-2H3;3H,4H2,1-2H3;2H,1H3. The molecule has 0 saturated heterocycles. The highest BCUT2D eigenvalue weighted by Gasteiger charge is 1.67. The molecule has 0 atom stereocenters. The fourth-order valence-corrected chi connectivity index (χ4v) is 0.250. The highest BCUT2D eigenvalue weighted by molar-refractivity contribution is 4.32. The summed E-state index contributed by atoms with van der Waals surface area (Å²) in [5.74, 6) is 0. The third-order valence-corrected chi connectivity index (χ3v) is 0.500. The van der Waals surface area contributed by atoms with E-state index in [1.165, 1.54) is 0 Å². The first-order valence-electron chi connectivity index (χ1n) is 4.06. The second-order valence-electron chi connectivity index (χ2n) is 2.20. The lowest BCUT2D eigenvalue weighted by molar-refractivity contribution is 0.399. The molecule has 11 heavy (non-hydrogen) atoms. The first kappa shape index (κ1) is 17.1. The zero-order chi connectivity index (χ0) is 9.70. The molecule has 72 valence electrons. The summed E-state index contributed by atoms with van der Waals surface area (Å²) >= 11 is 0. The molecule has 4 N–H and O–H groups in total. The lowest BCUT2D eigenvalue weighted by Crippen LogP contribution is -2.09. The number of hydrogen-bond acceptors (Lipinski definition) is 3. The molecule has 0 heterocycles. The van der Waals surface area contributed by atoms with Crippen LogP contribution in [-0.4, -0.2) is 31.3 Å². The number of aliphatic hydroxyl groups is 1. The Bertz CT molecular complexity index is 36.3. The van der Waals surface area contributed by atoms with Gasteiger partial charge in [-0.1, -0.05) is 27.7 Å². The first-order chi connectivity index (χ1) is 5.15. The van der Waals surface area contributed by atoms with Crippen molar-refractivity contribution in [3.8, 4) is 0 Å². The van der Waals surface area contributed by atoms with Gasteiger partial charge in [-0.25, -0.2) is 0 Å². The monoisotopic (exact) mass is 164 g/mol. The fourth-order valence-electron chi connectivity index (χ4n) is 0.250. The third kappa shape index (κ3) is 174. The van der Waals surface area contributed by atoms with E-state index in [0.29, 0.717) is 6.04 Å². The van der Waals surface area contributed by atoms with Crippen molar-refractivity contribution in [2.45, 2.75) is 33.7 Å². The predicted octanol–water partition coefficient (Wildman–Crippen LogP) is 0.578. The number of nitrogens with one attached hydrogen (secondary N) is 1. The molecular weight excluding hydrogens is 140 g/mol. The topological polar surface area (TPSA) is 58.3 Å². The SMILES string of the molecule is CC(C)N.CCNCC.CO. The Hall–Kier alpha value is -0.120. The minimum Gasteiger partial charge on any atom is -0.400 e. The van der Waals surface area contributed by atoms with Crippen LogP contribution < -0.4 is 11.1 Å². The lowest BCUT2D eigenvalue weighted by atomic mass is 10.5. The van der Waals surface area contributed by atoms with E-state index in [9.17, 15) is 0 Å². The average Bonchev–Trinajstić information content (AvgIpc) is 1.93. The molecule has 0 aliphatic heterocycles. The molecular formula is C8H24N2O. The molecule has 0 spiro atoms. The Kier molecular flexibility index (Phi) is 35.0. The first-order valence-corrected chi connectivity index (χ1v) is 4.06. The lowest BCUT2D eigenvalue weighted by Gasteiger charge is -1.86. The Morgan fingerprint density at radius 1 is 1.18 bits per heavy atom.